The summed E-state index contributed by atoms with van der Waals surface area (Å²) < 4.78 is 7.31. The summed E-state index contributed by atoms with van der Waals surface area (Å²) in [5.74, 6) is 0. The van der Waals surface area contributed by atoms with E-state index >= 15 is 0 Å². The van der Waals surface area contributed by atoms with Crippen molar-refractivity contribution in [2.24, 2.45) is 0 Å². The maximum absolute atomic E-state index is 5.19. The number of hydrogen-bond donors (Lipinski definition) is 0. The zero-order chi connectivity index (χ0) is 37.5. The van der Waals surface area contributed by atoms with Crippen molar-refractivity contribution in [3.05, 3.63) is 206 Å². The largest absolute Gasteiger partial charge is 0.309 e. The quantitative estimate of drug-likeness (QED) is 0.174. The zero-order valence-electron chi connectivity index (χ0n) is 30.9. The molecule has 0 saturated heterocycles. The number of rotatable bonds is 5. The smallest absolute Gasteiger partial charge is 0.0730 e. The van der Waals surface area contributed by atoms with E-state index in [1.54, 1.807) is 0 Å². The molecule has 0 fully saturated rings. The molecule has 4 aromatic heterocycles. The van der Waals surface area contributed by atoms with Crippen LogP contribution in [0.15, 0.2) is 206 Å². The lowest BCUT2D eigenvalue weighted by atomic mass is 10.1. The monoisotopic (exact) mass is 726 g/mol. The van der Waals surface area contributed by atoms with Crippen LogP contribution in [0.1, 0.15) is 0 Å². The third-order valence-electron chi connectivity index (χ3n) is 11.6. The first-order valence-electron chi connectivity index (χ1n) is 19.5. The molecule has 4 heterocycles. The number of pyridine rings is 1. The minimum absolute atomic E-state index is 0.944. The van der Waals surface area contributed by atoms with Gasteiger partial charge >= 0.3 is 0 Å². The van der Waals surface area contributed by atoms with E-state index in [4.69, 9.17) is 4.98 Å². The van der Waals surface area contributed by atoms with E-state index in [1.807, 2.05) is 0 Å². The number of aromatic nitrogens is 4. The van der Waals surface area contributed by atoms with E-state index in [9.17, 15) is 0 Å². The van der Waals surface area contributed by atoms with Crippen LogP contribution in [0, 0.1) is 0 Å². The van der Waals surface area contributed by atoms with Gasteiger partial charge in [-0.15, -0.1) is 0 Å². The first kappa shape index (κ1) is 31.6. The van der Waals surface area contributed by atoms with Crippen LogP contribution in [-0.2, 0) is 0 Å². The van der Waals surface area contributed by atoms with Gasteiger partial charge in [-0.1, -0.05) is 140 Å². The van der Waals surface area contributed by atoms with E-state index in [-0.39, 0.29) is 0 Å². The Hall–Kier alpha value is -7.69. The van der Waals surface area contributed by atoms with Crippen molar-refractivity contribution in [3.63, 3.8) is 0 Å². The van der Waals surface area contributed by atoms with Gasteiger partial charge < -0.3 is 13.7 Å². The SMILES string of the molecule is c1ccc(-c2cc(-n3c4ccccc4c4cc(-n5c6ccccc6c6c5ccc5c7ccccc7n(-c7ccccc7)c56)ccc43)cc(-c3ccccc3)n2)cc1. The molecular formula is C53H34N4. The molecule has 0 spiro atoms. The molecule has 8 aromatic carbocycles. The molecule has 266 valence electrons. The highest BCUT2D eigenvalue weighted by Crippen LogP contribution is 2.43. The van der Waals surface area contributed by atoms with Crippen LogP contribution in [-0.4, -0.2) is 18.7 Å². The fourth-order valence-corrected chi connectivity index (χ4v) is 9.17. The normalized spacial score (nSPS) is 11.9. The van der Waals surface area contributed by atoms with Gasteiger partial charge in [0.05, 0.1) is 50.2 Å². The summed E-state index contributed by atoms with van der Waals surface area (Å²) in [5, 5.41) is 7.41. The van der Waals surface area contributed by atoms with Crippen molar-refractivity contribution >= 4 is 65.4 Å². The minimum atomic E-state index is 0.944. The summed E-state index contributed by atoms with van der Waals surface area (Å²) in [7, 11) is 0. The molecule has 0 N–H and O–H groups in total. The fraction of sp³-hybridized carbons (Fsp3) is 0. The second-order valence-electron chi connectivity index (χ2n) is 14.8. The van der Waals surface area contributed by atoms with Crippen LogP contribution in [0.4, 0.5) is 0 Å². The van der Waals surface area contributed by atoms with Gasteiger partial charge in [0.15, 0.2) is 0 Å². The highest BCUT2D eigenvalue weighted by atomic mass is 15.0. The molecule has 0 aliphatic rings. The van der Waals surface area contributed by atoms with E-state index in [0.717, 1.165) is 50.6 Å². The maximum atomic E-state index is 5.19. The zero-order valence-corrected chi connectivity index (χ0v) is 30.9. The summed E-state index contributed by atoms with van der Waals surface area (Å²) in [6, 6.07) is 74.2. The van der Waals surface area contributed by atoms with Crippen molar-refractivity contribution < 1.29 is 0 Å². The topological polar surface area (TPSA) is 27.7 Å². The molecular weight excluding hydrogens is 693 g/mol. The first-order chi connectivity index (χ1) is 28.3. The van der Waals surface area contributed by atoms with Crippen LogP contribution in [0.25, 0.3) is 105 Å². The number of fused-ring (bicyclic) bond motifs is 10. The molecule has 12 rings (SSSR count). The van der Waals surface area contributed by atoms with Crippen molar-refractivity contribution in [1.29, 1.82) is 0 Å². The second-order valence-corrected chi connectivity index (χ2v) is 14.8. The second kappa shape index (κ2) is 12.4. The van der Waals surface area contributed by atoms with Gasteiger partial charge in [0.1, 0.15) is 0 Å². The average molecular weight is 727 g/mol. The van der Waals surface area contributed by atoms with Crippen LogP contribution in [0.2, 0.25) is 0 Å². The number of para-hydroxylation sites is 4. The Bertz CT molecular complexity index is 3440. The Morgan fingerprint density at radius 2 is 0.754 bits per heavy atom. The summed E-state index contributed by atoms with van der Waals surface area (Å²) in [6.45, 7) is 0. The first-order valence-corrected chi connectivity index (χ1v) is 19.5. The van der Waals surface area contributed by atoms with E-state index in [0.29, 0.717) is 0 Å². The molecule has 0 radical (unpaired) electrons. The lowest BCUT2D eigenvalue weighted by Gasteiger charge is -2.14. The Morgan fingerprint density at radius 1 is 0.281 bits per heavy atom. The predicted molar refractivity (Wildman–Crippen MR) is 238 cm³/mol. The third-order valence-corrected chi connectivity index (χ3v) is 11.6. The molecule has 0 aliphatic heterocycles. The molecule has 0 amide bonds. The Labute approximate surface area is 328 Å². The van der Waals surface area contributed by atoms with E-state index in [1.165, 1.54) is 54.4 Å². The third kappa shape index (κ3) is 4.77. The Morgan fingerprint density at radius 3 is 1.40 bits per heavy atom. The summed E-state index contributed by atoms with van der Waals surface area (Å²) >= 11 is 0. The molecule has 12 aromatic rings. The molecule has 0 aliphatic carbocycles. The summed E-state index contributed by atoms with van der Waals surface area (Å²) in [4.78, 5) is 5.19. The molecule has 0 atom stereocenters. The maximum Gasteiger partial charge on any atom is 0.0730 e. The van der Waals surface area contributed by atoms with Gasteiger partial charge in [0, 0.05) is 54.8 Å². The van der Waals surface area contributed by atoms with Crippen molar-refractivity contribution in [2.45, 2.75) is 0 Å². The lowest BCUT2D eigenvalue weighted by Crippen LogP contribution is -1.99. The molecule has 0 bridgehead atoms. The van der Waals surface area contributed by atoms with Crippen molar-refractivity contribution in [2.75, 3.05) is 0 Å². The number of nitrogens with zero attached hydrogens (tertiary/aromatic N) is 4. The highest BCUT2D eigenvalue weighted by molar-refractivity contribution is 6.26. The van der Waals surface area contributed by atoms with Gasteiger partial charge in [-0.25, -0.2) is 4.98 Å². The van der Waals surface area contributed by atoms with Crippen LogP contribution in [0.3, 0.4) is 0 Å². The standard InChI is InChI=1S/C53H34N4/c1-4-16-35(17-5-1)45-33-39(34-46(54-45)36-18-6-2-7-19-36)56-47-25-13-11-23-41(47)44-32-38(28-30-50(44)56)55-49-27-15-12-24-43(49)52-51(55)31-29-42-40-22-10-14-26-48(40)57(53(42)52)37-20-8-3-9-21-37/h1-34H. The fourth-order valence-electron chi connectivity index (χ4n) is 9.17. The highest BCUT2D eigenvalue weighted by Gasteiger charge is 2.22. The lowest BCUT2D eigenvalue weighted by molar-refractivity contribution is 1.15. The van der Waals surface area contributed by atoms with Crippen molar-refractivity contribution in [1.82, 2.24) is 18.7 Å². The van der Waals surface area contributed by atoms with Crippen LogP contribution >= 0.6 is 0 Å². The van der Waals surface area contributed by atoms with Gasteiger partial charge in [0.2, 0.25) is 0 Å². The van der Waals surface area contributed by atoms with Gasteiger partial charge in [-0.2, -0.15) is 0 Å². The Kier molecular flexibility index (Phi) is 6.89. The predicted octanol–water partition coefficient (Wildman–Crippen LogP) is 13.7. The molecule has 4 nitrogen and oxygen atoms in total. The minimum Gasteiger partial charge on any atom is -0.309 e. The van der Waals surface area contributed by atoms with E-state index in [2.05, 4.69) is 220 Å². The number of hydrogen-bond acceptors (Lipinski definition) is 1. The van der Waals surface area contributed by atoms with Gasteiger partial charge in [0.25, 0.3) is 0 Å². The van der Waals surface area contributed by atoms with Crippen molar-refractivity contribution in [3.8, 4) is 39.6 Å². The molecule has 0 saturated carbocycles. The van der Waals surface area contributed by atoms with Gasteiger partial charge in [-0.3, -0.25) is 0 Å². The molecule has 57 heavy (non-hydrogen) atoms. The van der Waals surface area contributed by atoms with Gasteiger partial charge in [-0.05, 0) is 66.7 Å². The van der Waals surface area contributed by atoms with E-state index < -0.39 is 0 Å². The molecule has 4 heteroatoms. The number of benzene rings is 8. The summed E-state index contributed by atoms with van der Waals surface area (Å²) in [5.41, 5.74) is 14.5. The Balaban J connectivity index is 1.13. The average Bonchev–Trinajstić information content (AvgIpc) is 3.92. The van der Waals surface area contributed by atoms with Crippen LogP contribution < -0.4 is 0 Å². The molecule has 0 unspecified atom stereocenters. The summed E-state index contributed by atoms with van der Waals surface area (Å²) in [6.07, 6.45) is 0. The van der Waals surface area contributed by atoms with Crippen LogP contribution in [0.5, 0.6) is 0 Å².